The van der Waals surface area contributed by atoms with E-state index in [1.807, 2.05) is 43.4 Å². The van der Waals surface area contributed by atoms with E-state index < -0.39 is 0 Å². The van der Waals surface area contributed by atoms with Crippen LogP contribution in [0.5, 0.6) is 0 Å². The van der Waals surface area contributed by atoms with Gasteiger partial charge in [-0.1, -0.05) is 48.5 Å². The Kier molecular flexibility index (Phi) is 5.09. The van der Waals surface area contributed by atoms with Crippen LogP contribution in [0.4, 0.5) is 0 Å². The van der Waals surface area contributed by atoms with Gasteiger partial charge in [-0.15, -0.1) is 0 Å². The Morgan fingerprint density at radius 3 is 2.43 bits per heavy atom. The molecule has 0 unspecified atom stereocenters. The number of aliphatic hydroxyl groups excluding tert-OH is 1. The van der Waals surface area contributed by atoms with Crippen molar-refractivity contribution in [1.29, 1.82) is 5.41 Å². The number of benzene rings is 2. The number of nitrogens with two attached hydrogens (primary N) is 1. The summed E-state index contributed by atoms with van der Waals surface area (Å²) in [5, 5.41) is 16.6. The van der Waals surface area contributed by atoms with E-state index in [1.165, 1.54) is 5.56 Å². The molecule has 0 aliphatic rings. The summed E-state index contributed by atoms with van der Waals surface area (Å²) in [5.41, 5.74) is 9.60. The molecule has 0 saturated carbocycles. The van der Waals surface area contributed by atoms with Gasteiger partial charge in [0.1, 0.15) is 5.84 Å². The van der Waals surface area contributed by atoms with Gasteiger partial charge in [0, 0.05) is 18.7 Å². The minimum atomic E-state index is 0.0809. The zero-order valence-corrected chi connectivity index (χ0v) is 12.2. The Morgan fingerprint density at radius 1 is 1.14 bits per heavy atom. The number of hydrogen-bond acceptors (Lipinski definition) is 3. The molecule has 0 aromatic heterocycles. The molecular weight excluding hydrogens is 262 g/mol. The summed E-state index contributed by atoms with van der Waals surface area (Å²) >= 11 is 0. The minimum absolute atomic E-state index is 0.0809. The molecule has 0 fully saturated rings. The Balaban J connectivity index is 2.21. The molecule has 0 bridgehead atoms. The summed E-state index contributed by atoms with van der Waals surface area (Å²) in [4.78, 5) is 2.07. The van der Waals surface area contributed by atoms with E-state index in [-0.39, 0.29) is 12.4 Å². The van der Waals surface area contributed by atoms with Crippen LogP contribution >= 0.6 is 0 Å². The van der Waals surface area contributed by atoms with Gasteiger partial charge < -0.3 is 10.8 Å². The summed E-state index contributed by atoms with van der Waals surface area (Å²) in [7, 11) is 1.98. The highest BCUT2D eigenvalue weighted by Gasteiger charge is 2.07. The van der Waals surface area contributed by atoms with Crippen LogP contribution in [0.3, 0.4) is 0 Å². The lowest BCUT2D eigenvalue weighted by Gasteiger charge is -2.15. The number of nitrogens with zero attached hydrogens (tertiary/aromatic N) is 1. The van der Waals surface area contributed by atoms with Crippen molar-refractivity contribution < 1.29 is 5.11 Å². The molecule has 0 aliphatic heterocycles. The Bertz CT molecular complexity index is 608. The van der Waals surface area contributed by atoms with E-state index in [1.54, 1.807) is 0 Å². The van der Waals surface area contributed by atoms with E-state index in [0.717, 1.165) is 23.2 Å². The van der Waals surface area contributed by atoms with Crippen LogP contribution in [0, 0.1) is 5.41 Å². The number of nitrogen functional groups attached to an aromatic ring is 1. The maximum Gasteiger partial charge on any atom is 0.123 e. The largest absolute Gasteiger partial charge is 0.395 e. The Hall–Kier alpha value is -2.17. The fourth-order valence-electron chi connectivity index (χ4n) is 2.32. The molecule has 4 nitrogen and oxygen atoms in total. The molecule has 110 valence electrons. The van der Waals surface area contributed by atoms with E-state index in [9.17, 15) is 0 Å². The predicted molar refractivity (Wildman–Crippen MR) is 86.3 cm³/mol. The molecule has 2 rings (SSSR count). The normalized spacial score (nSPS) is 10.8. The molecule has 0 atom stereocenters. The lowest BCUT2D eigenvalue weighted by molar-refractivity contribution is 0.217. The van der Waals surface area contributed by atoms with E-state index >= 15 is 0 Å². The first kappa shape index (κ1) is 15.2. The summed E-state index contributed by atoms with van der Waals surface area (Å²) in [6.45, 7) is 1.63. The van der Waals surface area contributed by atoms with Crippen molar-refractivity contribution >= 4 is 5.84 Å². The molecule has 4 N–H and O–H groups in total. The Morgan fingerprint density at radius 2 is 1.81 bits per heavy atom. The number of rotatable bonds is 6. The molecule has 21 heavy (non-hydrogen) atoms. The van der Waals surface area contributed by atoms with E-state index in [4.69, 9.17) is 16.2 Å². The fourth-order valence-corrected chi connectivity index (χ4v) is 2.32. The average Bonchev–Trinajstić information content (AvgIpc) is 2.48. The zero-order chi connectivity index (χ0) is 15.2. The van der Waals surface area contributed by atoms with Gasteiger partial charge >= 0.3 is 0 Å². The minimum Gasteiger partial charge on any atom is -0.395 e. The van der Waals surface area contributed by atoms with Crippen LogP contribution in [0.2, 0.25) is 0 Å². The molecule has 2 aromatic carbocycles. The smallest absolute Gasteiger partial charge is 0.123 e. The SMILES string of the molecule is CN(CCO)Cc1ccc(-c2ccccc2C(=N)N)cc1. The van der Waals surface area contributed by atoms with Crippen LogP contribution in [0.15, 0.2) is 48.5 Å². The highest BCUT2D eigenvalue weighted by molar-refractivity contribution is 6.01. The maximum atomic E-state index is 8.92. The number of likely N-dealkylation sites (N-methyl/N-ethyl adjacent to an activating group) is 1. The second-order valence-electron chi connectivity index (χ2n) is 5.12. The van der Waals surface area contributed by atoms with Crippen molar-refractivity contribution in [2.45, 2.75) is 6.54 Å². The van der Waals surface area contributed by atoms with Crippen LogP contribution in [-0.2, 0) is 6.54 Å². The highest BCUT2D eigenvalue weighted by atomic mass is 16.3. The second-order valence-corrected chi connectivity index (χ2v) is 5.12. The average molecular weight is 283 g/mol. The quantitative estimate of drug-likeness (QED) is 0.561. The number of amidine groups is 1. The van der Waals surface area contributed by atoms with Crippen molar-refractivity contribution in [3.63, 3.8) is 0 Å². The molecule has 4 heteroatoms. The Labute approximate surface area is 125 Å². The van der Waals surface area contributed by atoms with Gasteiger partial charge in [-0.05, 0) is 23.7 Å². The van der Waals surface area contributed by atoms with Crippen molar-refractivity contribution in [3.8, 4) is 11.1 Å². The topological polar surface area (TPSA) is 73.3 Å². The first-order valence-electron chi connectivity index (χ1n) is 6.94. The van der Waals surface area contributed by atoms with Gasteiger partial charge in [0.05, 0.1) is 6.61 Å². The molecular formula is C17H21N3O. The predicted octanol–water partition coefficient (Wildman–Crippen LogP) is 2.06. The van der Waals surface area contributed by atoms with Gasteiger partial charge in [0.2, 0.25) is 0 Å². The third-order valence-electron chi connectivity index (χ3n) is 3.42. The van der Waals surface area contributed by atoms with Gasteiger partial charge in [-0.3, -0.25) is 10.3 Å². The summed E-state index contributed by atoms with van der Waals surface area (Å²) in [6.07, 6.45) is 0. The standard InChI is InChI=1S/C17H21N3O/c1-20(10-11-21)12-13-6-8-14(9-7-13)15-4-2-3-5-16(15)17(18)19/h2-9,21H,10-12H2,1H3,(H3,18,19). The summed E-state index contributed by atoms with van der Waals surface area (Å²) in [6, 6.07) is 15.9. The zero-order valence-electron chi connectivity index (χ0n) is 12.2. The third kappa shape index (κ3) is 3.90. The van der Waals surface area contributed by atoms with Crippen LogP contribution in [-0.4, -0.2) is 36.0 Å². The molecule has 0 amide bonds. The third-order valence-corrected chi connectivity index (χ3v) is 3.42. The summed E-state index contributed by atoms with van der Waals surface area (Å²) < 4.78 is 0. The number of aliphatic hydroxyl groups is 1. The van der Waals surface area contributed by atoms with E-state index in [0.29, 0.717) is 6.54 Å². The van der Waals surface area contributed by atoms with Gasteiger partial charge in [-0.2, -0.15) is 0 Å². The van der Waals surface area contributed by atoms with Gasteiger partial charge in [0.25, 0.3) is 0 Å². The molecule has 0 saturated heterocycles. The van der Waals surface area contributed by atoms with Crippen molar-refractivity contribution in [3.05, 3.63) is 59.7 Å². The molecule has 0 radical (unpaired) electrons. The first-order chi connectivity index (χ1) is 10.1. The van der Waals surface area contributed by atoms with Crippen LogP contribution in [0.25, 0.3) is 11.1 Å². The monoisotopic (exact) mass is 283 g/mol. The summed E-state index contributed by atoms with van der Waals surface area (Å²) in [5.74, 6) is 0.0809. The van der Waals surface area contributed by atoms with Crippen LogP contribution in [0.1, 0.15) is 11.1 Å². The van der Waals surface area contributed by atoms with Crippen molar-refractivity contribution in [2.24, 2.45) is 5.73 Å². The molecule has 0 heterocycles. The number of nitrogens with one attached hydrogen (secondary N) is 1. The van der Waals surface area contributed by atoms with Crippen molar-refractivity contribution in [1.82, 2.24) is 4.90 Å². The van der Waals surface area contributed by atoms with E-state index in [2.05, 4.69) is 17.0 Å². The lowest BCUT2D eigenvalue weighted by Crippen LogP contribution is -2.21. The van der Waals surface area contributed by atoms with Gasteiger partial charge in [-0.25, -0.2) is 0 Å². The fraction of sp³-hybridized carbons (Fsp3) is 0.235. The highest BCUT2D eigenvalue weighted by Crippen LogP contribution is 2.24. The lowest BCUT2D eigenvalue weighted by atomic mass is 9.98. The number of hydrogen-bond donors (Lipinski definition) is 3. The van der Waals surface area contributed by atoms with Crippen molar-refractivity contribution in [2.75, 3.05) is 20.2 Å². The second kappa shape index (κ2) is 7.02. The van der Waals surface area contributed by atoms with Crippen LogP contribution < -0.4 is 5.73 Å². The first-order valence-corrected chi connectivity index (χ1v) is 6.94. The molecule has 0 aliphatic carbocycles. The maximum absolute atomic E-state index is 8.92. The molecule has 2 aromatic rings. The van der Waals surface area contributed by atoms with Gasteiger partial charge in [0.15, 0.2) is 0 Å². The molecule has 0 spiro atoms.